The van der Waals surface area contributed by atoms with E-state index in [9.17, 15) is 0 Å². The van der Waals surface area contributed by atoms with Gasteiger partial charge >= 0.3 is 0 Å². The molecule has 19 heavy (non-hydrogen) atoms. The third-order valence-electron chi connectivity index (χ3n) is 4.27. The van der Waals surface area contributed by atoms with Gasteiger partial charge < -0.3 is 4.90 Å². The van der Waals surface area contributed by atoms with Crippen molar-refractivity contribution >= 4 is 5.82 Å². The molecule has 1 unspecified atom stereocenters. The highest BCUT2D eigenvalue weighted by Gasteiger charge is 2.29. The molecule has 0 spiro atoms. The summed E-state index contributed by atoms with van der Waals surface area (Å²) in [4.78, 5) is 9.36. The number of likely N-dealkylation sites (tertiary alicyclic amines) is 1. The minimum atomic E-state index is 0.674. The molecule has 2 aliphatic heterocycles. The van der Waals surface area contributed by atoms with Crippen molar-refractivity contribution in [3.8, 4) is 6.07 Å². The normalized spacial score (nSPS) is 24.4. The van der Waals surface area contributed by atoms with E-state index >= 15 is 0 Å². The highest BCUT2D eigenvalue weighted by Crippen LogP contribution is 2.24. The van der Waals surface area contributed by atoms with Crippen molar-refractivity contribution in [1.29, 1.82) is 5.26 Å². The first-order valence-corrected chi connectivity index (χ1v) is 7.22. The molecule has 1 aromatic rings. The lowest BCUT2D eigenvalue weighted by molar-refractivity contribution is 0.175. The first-order chi connectivity index (χ1) is 9.36. The summed E-state index contributed by atoms with van der Waals surface area (Å²) in [5, 5.41) is 8.96. The molecule has 1 atom stereocenters. The molecular formula is C15H20N4. The molecule has 0 N–H and O–H groups in total. The minimum Gasteiger partial charge on any atom is -0.355 e. The zero-order valence-electron chi connectivity index (χ0n) is 11.3. The fraction of sp³-hybridized carbons (Fsp3) is 0.600. The van der Waals surface area contributed by atoms with Gasteiger partial charge in [-0.2, -0.15) is 5.26 Å². The average Bonchev–Trinajstić information content (AvgIpc) is 2.98. The van der Waals surface area contributed by atoms with Crippen molar-refractivity contribution in [3.05, 3.63) is 23.9 Å². The van der Waals surface area contributed by atoms with E-state index in [2.05, 4.69) is 20.9 Å². The van der Waals surface area contributed by atoms with Gasteiger partial charge in [0.25, 0.3) is 0 Å². The standard InChI is InChI=1S/C15H20N4/c16-11-13-4-6-17-15(10-13)19-9-5-14(12-19)18-7-2-1-3-8-18/h4,6,10,14H,1-3,5,7-9,12H2. The highest BCUT2D eigenvalue weighted by atomic mass is 15.3. The number of nitrogens with zero attached hydrogens (tertiary/aromatic N) is 4. The molecule has 0 radical (unpaired) electrons. The summed E-state index contributed by atoms with van der Waals surface area (Å²) in [5.41, 5.74) is 0.700. The van der Waals surface area contributed by atoms with E-state index in [1.165, 1.54) is 38.8 Å². The Balaban J connectivity index is 1.66. The fourth-order valence-electron chi connectivity index (χ4n) is 3.19. The molecule has 2 aliphatic rings. The number of rotatable bonds is 2. The van der Waals surface area contributed by atoms with E-state index in [1.807, 2.05) is 6.07 Å². The maximum absolute atomic E-state index is 8.96. The Morgan fingerprint density at radius 1 is 1.21 bits per heavy atom. The Kier molecular flexibility index (Phi) is 3.65. The maximum Gasteiger partial charge on any atom is 0.129 e. The molecule has 0 bridgehead atoms. The quantitative estimate of drug-likeness (QED) is 0.812. The van der Waals surface area contributed by atoms with Gasteiger partial charge in [0.1, 0.15) is 5.82 Å². The largest absolute Gasteiger partial charge is 0.355 e. The second kappa shape index (κ2) is 5.58. The smallest absolute Gasteiger partial charge is 0.129 e. The van der Waals surface area contributed by atoms with Gasteiger partial charge in [-0.25, -0.2) is 4.98 Å². The molecule has 0 saturated carbocycles. The first kappa shape index (κ1) is 12.4. The van der Waals surface area contributed by atoms with Crippen LogP contribution in [0.2, 0.25) is 0 Å². The molecule has 2 fully saturated rings. The van der Waals surface area contributed by atoms with Gasteiger partial charge in [-0.1, -0.05) is 6.42 Å². The van der Waals surface area contributed by atoms with Crippen LogP contribution in [-0.4, -0.2) is 42.1 Å². The third-order valence-corrected chi connectivity index (χ3v) is 4.27. The Bertz CT molecular complexity index is 473. The first-order valence-electron chi connectivity index (χ1n) is 7.22. The second-order valence-corrected chi connectivity index (χ2v) is 5.50. The van der Waals surface area contributed by atoms with E-state index in [-0.39, 0.29) is 0 Å². The monoisotopic (exact) mass is 256 g/mol. The Morgan fingerprint density at radius 2 is 2.05 bits per heavy atom. The lowest BCUT2D eigenvalue weighted by Gasteiger charge is -2.32. The van der Waals surface area contributed by atoms with E-state index in [0.717, 1.165) is 18.9 Å². The topological polar surface area (TPSA) is 43.2 Å². The van der Waals surface area contributed by atoms with E-state index in [1.54, 1.807) is 12.3 Å². The van der Waals surface area contributed by atoms with Crippen LogP contribution in [-0.2, 0) is 0 Å². The molecule has 1 aromatic heterocycles. The Hall–Kier alpha value is -1.60. The van der Waals surface area contributed by atoms with Crippen LogP contribution in [0.1, 0.15) is 31.2 Å². The Morgan fingerprint density at radius 3 is 2.84 bits per heavy atom. The molecule has 2 saturated heterocycles. The van der Waals surface area contributed by atoms with Gasteiger partial charge in [0.05, 0.1) is 11.6 Å². The van der Waals surface area contributed by atoms with Gasteiger partial charge in [0, 0.05) is 25.3 Å². The SMILES string of the molecule is N#Cc1ccnc(N2CCC(N3CCCCC3)C2)c1. The van der Waals surface area contributed by atoms with Crippen molar-refractivity contribution < 1.29 is 0 Å². The highest BCUT2D eigenvalue weighted by molar-refractivity contribution is 5.45. The fourth-order valence-corrected chi connectivity index (χ4v) is 3.19. The van der Waals surface area contributed by atoms with Crippen molar-refractivity contribution in [2.45, 2.75) is 31.7 Å². The summed E-state index contributed by atoms with van der Waals surface area (Å²) in [7, 11) is 0. The summed E-state index contributed by atoms with van der Waals surface area (Å²) >= 11 is 0. The van der Waals surface area contributed by atoms with Crippen LogP contribution in [0.3, 0.4) is 0 Å². The number of piperidine rings is 1. The zero-order chi connectivity index (χ0) is 13.1. The van der Waals surface area contributed by atoms with Crippen LogP contribution in [0.25, 0.3) is 0 Å². The molecular weight excluding hydrogens is 236 g/mol. The van der Waals surface area contributed by atoms with E-state index in [4.69, 9.17) is 5.26 Å². The maximum atomic E-state index is 8.96. The van der Waals surface area contributed by atoms with Crippen LogP contribution in [0.15, 0.2) is 18.3 Å². The van der Waals surface area contributed by atoms with Gasteiger partial charge in [0.2, 0.25) is 0 Å². The van der Waals surface area contributed by atoms with Crippen LogP contribution in [0, 0.1) is 11.3 Å². The number of anilines is 1. The second-order valence-electron chi connectivity index (χ2n) is 5.50. The van der Waals surface area contributed by atoms with Gasteiger partial charge in [0.15, 0.2) is 0 Å². The number of hydrogen-bond donors (Lipinski definition) is 0. The van der Waals surface area contributed by atoms with E-state index in [0.29, 0.717) is 11.6 Å². The van der Waals surface area contributed by atoms with Crippen molar-refractivity contribution in [3.63, 3.8) is 0 Å². The molecule has 0 aliphatic carbocycles. The van der Waals surface area contributed by atoms with Crippen molar-refractivity contribution in [2.24, 2.45) is 0 Å². The summed E-state index contributed by atoms with van der Waals surface area (Å²) in [6.07, 6.45) is 7.04. The summed E-state index contributed by atoms with van der Waals surface area (Å²) in [6, 6.07) is 6.53. The third kappa shape index (κ3) is 2.71. The Labute approximate surface area is 114 Å². The van der Waals surface area contributed by atoms with Crippen molar-refractivity contribution in [2.75, 3.05) is 31.1 Å². The van der Waals surface area contributed by atoms with Crippen LogP contribution in [0.5, 0.6) is 0 Å². The van der Waals surface area contributed by atoms with Crippen LogP contribution >= 0.6 is 0 Å². The predicted molar refractivity (Wildman–Crippen MR) is 75.0 cm³/mol. The predicted octanol–water partition coefficient (Wildman–Crippen LogP) is 2.02. The summed E-state index contributed by atoms with van der Waals surface area (Å²) in [5.74, 6) is 0.957. The lowest BCUT2D eigenvalue weighted by Crippen LogP contribution is -2.40. The lowest BCUT2D eigenvalue weighted by atomic mass is 10.1. The molecule has 4 nitrogen and oxygen atoms in total. The van der Waals surface area contributed by atoms with Gasteiger partial charge in [-0.05, 0) is 44.5 Å². The van der Waals surface area contributed by atoms with E-state index < -0.39 is 0 Å². The van der Waals surface area contributed by atoms with Crippen LogP contribution < -0.4 is 4.90 Å². The molecule has 0 aromatic carbocycles. The molecule has 4 heteroatoms. The number of hydrogen-bond acceptors (Lipinski definition) is 4. The molecule has 3 rings (SSSR count). The van der Waals surface area contributed by atoms with Gasteiger partial charge in [-0.3, -0.25) is 4.90 Å². The molecule has 0 amide bonds. The molecule has 3 heterocycles. The number of aromatic nitrogens is 1. The summed E-state index contributed by atoms with van der Waals surface area (Å²) in [6.45, 7) is 4.62. The zero-order valence-corrected chi connectivity index (χ0v) is 11.3. The summed E-state index contributed by atoms with van der Waals surface area (Å²) < 4.78 is 0. The average molecular weight is 256 g/mol. The van der Waals surface area contributed by atoms with Crippen molar-refractivity contribution in [1.82, 2.24) is 9.88 Å². The number of nitriles is 1. The molecule has 100 valence electrons. The van der Waals surface area contributed by atoms with Gasteiger partial charge in [-0.15, -0.1) is 0 Å². The number of pyridine rings is 1. The minimum absolute atomic E-state index is 0.674. The van der Waals surface area contributed by atoms with Crippen LogP contribution in [0.4, 0.5) is 5.82 Å².